The first-order chi connectivity index (χ1) is 12.7. The number of hydrogen-bond acceptors (Lipinski definition) is 5. The Kier molecular flexibility index (Phi) is 7.46. The number of Topliss-reactive ketones (excluding diaryl/α,β-unsaturated/α-hetero) is 2. The predicted molar refractivity (Wildman–Crippen MR) is 113 cm³/mol. The number of carbonyl (C=O) groups excluding carboxylic acids is 2. The highest BCUT2D eigenvalue weighted by molar-refractivity contribution is 9.10. The van der Waals surface area contributed by atoms with E-state index in [0.717, 1.165) is 16.6 Å². The fraction of sp³-hybridized carbons (Fsp3) is 0.381. The first-order valence-corrected chi connectivity index (χ1v) is 10.6. The lowest BCUT2D eigenvalue weighted by Gasteiger charge is -2.30. The smallest absolute Gasteiger partial charge is 0.173 e. The summed E-state index contributed by atoms with van der Waals surface area (Å²) in [6, 6.07) is 9.51. The van der Waals surface area contributed by atoms with Crippen molar-refractivity contribution in [2.45, 2.75) is 34.1 Å². The van der Waals surface area contributed by atoms with E-state index in [9.17, 15) is 14.9 Å². The second kappa shape index (κ2) is 9.38. The molecule has 1 aliphatic rings. The van der Waals surface area contributed by atoms with Gasteiger partial charge in [0.1, 0.15) is 0 Å². The maximum atomic E-state index is 12.5. The zero-order valence-corrected chi connectivity index (χ0v) is 18.3. The third kappa shape index (κ3) is 5.33. The summed E-state index contributed by atoms with van der Waals surface area (Å²) in [7, 11) is 0. The molecular formula is C21H23BrN2O2S. The second-order valence-corrected chi connectivity index (χ2v) is 8.88. The highest BCUT2D eigenvalue weighted by Crippen LogP contribution is 2.37. The molecule has 0 radical (unpaired) electrons. The van der Waals surface area contributed by atoms with Crippen LogP contribution in [0.1, 0.15) is 44.5 Å². The second-order valence-electron chi connectivity index (χ2n) is 6.98. The summed E-state index contributed by atoms with van der Waals surface area (Å²) in [6.07, 6.45) is 0.724. The Bertz CT molecular complexity index is 848. The van der Waals surface area contributed by atoms with Gasteiger partial charge in [0, 0.05) is 27.2 Å². The number of dihydropyridines is 1. The number of rotatable bonds is 7. The quantitative estimate of drug-likeness (QED) is 0.580. The molecule has 1 N–H and O–H groups in total. The number of ketones is 2. The molecule has 2 rings (SSSR count). The van der Waals surface area contributed by atoms with E-state index in [1.807, 2.05) is 19.1 Å². The average molecular weight is 447 g/mol. The molecule has 1 unspecified atom stereocenters. The topological polar surface area (TPSA) is 70.0 Å². The van der Waals surface area contributed by atoms with Crippen LogP contribution in [0, 0.1) is 23.2 Å². The number of halogens is 1. The average Bonchev–Trinajstić information content (AvgIpc) is 2.59. The molecule has 0 saturated heterocycles. The van der Waals surface area contributed by atoms with Gasteiger partial charge in [-0.05, 0) is 38.3 Å². The van der Waals surface area contributed by atoms with Crippen molar-refractivity contribution in [2.75, 3.05) is 5.75 Å². The molecule has 27 heavy (non-hydrogen) atoms. The molecule has 0 amide bonds. The number of allylic oxidation sites excluding steroid dienone is 3. The van der Waals surface area contributed by atoms with Crippen LogP contribution in [0.4, 0.5) is 0 Å². The van der Waals surface area contributed by atoms with E-state index in [0.29, 0.717) is 27.7 Å². The van der Waals surface area contributed by atoms with Crippen LogP contribution in [0.2, 0.25) is 0 Å². The normalized spacial score (nSPS) is 17.0. The van der Waals surface area contributed by atoms with Gasteiger partial charge in [-0.25, -0.2) is 0 Å². The maximum absolute atomic E-state index is 12.5. The minimum atomic E-state index is -0.223. The van der Waals surface area contributed by atoms with Crippen molar-refractivity contribution in [3.8, 4) is 6.07 Å². The summed E-state index contributed by atoms with van der Waals surface area (Å²) in [6.45, 7) is 7.55. The molecule has 0 fully saturated rings. The van der Waals surface area contributed by atoms with Crippen LogP contribution in [-0.4, -0.2) is 17.3 Å². The lowest BCUT2D eigenvalue weighted by Crippen LogP contribution is -2.29. The molecule has 0 saturated carbocycles. The molecule has 142 valence electrons. The van der Waals surface area contributed by atoms with Gasteiger partial charge in [0.15, 0.2) is 11.6 Å². The van der Waals surface area contributed by atoms with Crippen LogP contribution in [0.15, 0.2) is 50.6 Å². The third-order valence-corrected chi connectivity index (χ3v) is 5.91. The van der Waals surface area contributed by atoms with Gasteiger partial charge in [-0.1, -0.05) is 53.7 Å². The summed E-state index contributed by atoms with van der Waals surface area (Å²) >= 11 is 4.69. The molecule has 6 heteroatoms. The fourth-order valence-corrected chi connectivity index (χ4v) is 4.46. The Morgan fingerprint density at radius 1 is 1.30 bits per heavy atom. The van der Waals surface area contributed by atoms with Gasteiger partial charge >= 0.3 is 0 Å². The lowest BCUT2D eigenvalue weighted by atomic mass is 9.81. The van der Waals surface area contributed by atoms with E-state index in [1.54, 1.807) is 12.1 Å². The number of thioether (sulfide) groups is 1. The number of nitrogens with one attached hydrogen (secondary N) is 1. The van der Waals surface area contributed by atoms with Crippen molar-refractivity contribution < 1.29 is 9.59 Å². The minimum absolute atomic E-state index is 0.00139. The minimum Gasteiger partial charge on any atom is -0.353 e. The lowest BCUT2D eigenvalue weighted by molar-refractivity contribution is -0.114. The van der Waals surface area contributed by atoms with E-state index in [-0.39, 0.29) is 23.2 Å². The van der Waals surface area contributed by atoms with Crippen LogP contribution in [0.5, 0.6) is 0 Å². The van der Waals surface area contributed by atoms with Gasteiger partial charge < -0.3 is 5.32 Å². The van der Waals surface area contributed by atoms with Gasteiger partial charge in [-0.15, -0.1) is 0 Å². The van der Waals surface area contributed by atoms with Crippen LogP contribution in [0.25, 0.3) is 0 Å². The van der Waals surface area contributed by atoms with E-state index in [2.05, 4.69) is 41.2 Å². The van der Waals surface area contributed by atoms with Gasteiger partial charge in [-0.2, -0.15) is 5.26 Å². The molecule has 0 bridgehead atoms. The molecular weight excluding hydrogens is 424 g/mol. The summed E-state index contributed by atoms with van der Waals surface area (Å²) in [5, 5.41) is 13.6. The molecule has 0 aliphatic carbocycles. The summed E-state index contributed by atoms with van der Waals surface area (Å²) < 4.78 is 0.921. The third-order valence-electron chi connectivity index (χ3n) is 4.37. The number of hydrogen-bond donors (Lipinski definition) is 1. The van der Waals surface area contributed by atoms with Gasteiger partial charge in [0.2, 0.25) is 0 Å². The first kappa shape index (κ1) is 21.5. The highest BCUT2D eigenvalue weighted by Gasteiger charge is 2.32. The monoisotopic (exact) mass is 446 g/mol. The highest BCUT2D eigenvalue weighted by atomic mass is 79.9. The summed E-state index contributed by atoms with van der Waals surface area (Å²) in [5.74, 6) is 0.326. The van der Waals surface area contributed by atoms with E-state index >= 15 is 0 Å². The van der Waals surface area contributed by atoms with Crippen LogP contribution in [-0.2, 0) is 4.79 Å². The Balaban J connectivity index is 2.26. The maximum Gasteiger partial charge on any atom is 0.173 e. The Morgan fingerprint density at radius 3 is 2.44 bits per heavy atom. The Morgan fingerprint density at radius 2 is 1.93 bits per heavy atom. The predicted octanol–water partition coefficient (Wildman–Crippen LogP) is 5.23. The molecule has 4 nitrogen and oxygen atoms in total. The molecule has 0 spiro atoms. The van der Waals surface area contributed by atoms with E-state index in [1.165, 1.54) is 18.7 Å². The molecule has 1 aromatic carbocycles. The Hall–Kier alpha value is -1.84. The van der Waals surface area contributed by atoms with E-state index < -0.39 is 0 Å². The van der Waals surface area contributed by atoms with Crippen molar-refractivity contribution in [3.05, 3.63) is 56.2 Å². The van der Waals surface area contributed by atoms with Crippen LogP contribution in [0.3, 0.4) is 0 Å². The van der Waals surface area contributed by atoms with Gasteiger partial charge in [0.05, 0.1) is 22.4 Å². The fourth-order valence-electron chi connectivity index (χ4n) is 3.18. The van der Waals surface area contributed by atoms with Crippen molar-refractivity contribution in [3.63, 3.8) is 0 Å². The van der Waals surface area contributed by atoms with Crippen molar-refractivity contribution in [1.29, 1.82) is 5.26 Å². The van der Waals surface area contributed by atoms with Crippen LogP contribution >= 0.6 is 27.7 Å². The summed E-state index contributed by atoms with van der Waals surface area (Å²) in [4.78, 5) is 24.6. The van der Waals surface area contributed by atoms with Gasteiger partial charge in [-0.3, -0.25) is 9.59 Å². The number of carbonyl (C=O) groups is 2. The number of benzene rings is 1. The zero-order valence-electron chi connectivity index (χ0n) is 15.9. The van der Waals surface area contributed by atoms with Gasteiger partial charge in [0.25, 0.3) is 0 Å². The standard InChI is InChI=1S/C21H23BrN2O2S/c1-12(2)9-17-18(10-23)21(24-13(3)20(17)14(4)25)27-11-19(26)15-5-7-16(22)8-6-15/h5-8,12,17,24H,9,11H2,1-4H3. The summed E-state index contributed by atoms with van der Waals surface area (Å²) in [5.41, 5.74) is 2.62. The molecule has 1 aliphatic heterocycles. The molecule has 1 aromatic rings. The van der Waals surface area contributed by atoms with E-state index in [4.69, 9.17) is 0 Å². The van der Waals surface area contributed by atoms with Crippen LogP contribution < -0.4 is 5.32 Å². The van der Waals surface area contributed by atoms with Crippen molar-refractivity contribution in [1.82, 2.24) is 5.32 Å². The zero-order chi connectivity index (χ0) is 20.1. The molecule has 0 aromatic heterocycles. The Labute approximate surface area is 173 Å². The number of nitrogens with zero attached hydrogens (tertiary/aromatic N) is 1. The first-order valence-electron chi connectivity index (χ1n) is 8.79. The molecule has 1 atom stereocenters. The molecule has 1 heterocycles. The van der Waals surface area contributed by atoms with Crippen molar-refractivity contribution >= 4 is 39.3 Å². The number of nitriles is 1. The SMILES string of the molecule is CC(=O)C1=C(C)NC(SCC(=O)c2ccc(Br)cc2)=C(C#N)C1CC(C)C. The largest absolute Gasteiger partial charge is 0.353 e. The van der Waals surface area contributed by atoms with Crippen molar-refractivity contribution in [2.24, 2.45) is 11.8 Å².